The molecule has 0 fully saturated rings. The van der Waals surface area contributed by atoms with Gasteiger partial charge in [-0.3, -0.25) is 4.55 Å². The summed E-state index contributed by atoms with van der Waals surface area (Å²) in [6.07, 6.45) is 0. The van der Waals surface area contributed by atoms with Crippen molar-refractivity contribution in [1.82, 2.24) is 0 Å². The van der Waals surface area contributed by atoms with Crippen molar-refractivity contribution in [2.75, 3.05) is 11.4 Å². The molecule has 1 atom stereocenters. The summed E-state index contributed by atoms with van der Waals surface area (Å²) in [6.45, 7) is 3.75. The van der Waals surface area contributed by atoms with E-state index in [4.69, 9.17) is 4.74 Å². The molecule has 22 heavy (non-hydrogen) atoms. The topological polar surface area (TPSA) is 66.8 Å². The average molecular weight is 319 g/mol. The van der Waals surface area contributed by atoms with Crippen LogP contribution in [0, 0.1) is 13.8 Å². The number of anilines is 2. The Bertz CT molecular complexity index is 713. The lowest BCUT2D eigenvalue weighted by molar-refractivity contribution is 0.0600. The molecule has 0 heterocycles. The van der Waals surface area contributed by atoms with E-state index in [-0.39, 0.29) is 0 Å². The fourth-order valence-electron chi connectivity index (χ4n) is 2.13. The van der Waals surface area contributed by atoms with E-state index in [1.54, 1.807) is 24.3 Å². The van der Waals surface area contributed by atoms with Gasteiger partial charge in [-0.05, 0) is 49.7 Å². The summed E-state index contributed by atoms with van der Waals surface area (Å²) in [5.74, 6) is -0.488. The van der Waals surface area contributed by atoms with E-state index in [0.717, 1.165) is 11.1 Å². The van der Waals surface area contributed by atoms with Crippen LogP contribution in [-0.2, 0) is 16.0 Å². The van der Waals surface area contributed by atoms with Crippen molar-refractivity contribution < 1.29 is 18.3 Å². The largest absolute Gasteiger partial charge is 0.465 e. The first-order valence-corrected chi connectivity index (χ1v) is 7.66. The molecule has 0 aliphatic heterocycles. The van der Waals surface area contributed by atoms with Crippen molar-refractivity contribution in [2.24, 2.45) is 0 Å². The van der Waals surface area contributed by atoms with Crippen LogP contribution < -0.4 is 4.31 Å². The zero-order valence-corrected chi connectivity index (χ0v) is 13.4. The van der Waals surface area contributed by atoms with Crippen LogP contribution in [0.5, 0.6) is 0 Å². The monoisotopic (exact) mass is 319 g/mol. The van der Waals surface area contributed by atoms with Crippen LogP contribution >= 0.6 is 0 Å². The molecule has 1 N–H and O–H groups in total. The summed E-state index contributed by atoms with van der Waals surface area (Å²) in [4.78, 5) is 11.7. The number of rotatable bonds is 4. The fourth-order valence-corrected chi connectivity index (χ4v) is 2.71. The Hall–Kier alpha value is -2.18. The summed E-state index contributed by atoms with van der Waals surface area (Å²) in [6, 6.07) is 12.2. The first-order valence-electron chi connectivity index (χ1n) is 6.60. The van der Waals surface area contributed by atoms with Gasteiger partial charge in [0.15, 0.2) is 0 Å². The Labute approximate surface area is 131 Å². The summed E-state index contributed by atoms with van der Waals surface area (Å²) in [5.41, 5.74) is 3.19. The second-order valence-electron chi connectivity index (χ2n) is 4.91. The van der Waals surface area contributed by atoms with Gasteiger partial charge in [-0.15, -0.1) is 0 Å². The van der Waals surface area contributed by atoms with Crippen molar-refractivity contribution >= 4 is 28.6 Å². The molecule has 0 radical (unpaired) electrons. The summed E-state index contributed by atoms with van der Waals surface area (Å²) in [5, 5.41) is 0. The third kappa shape index (κ3) is 3.52. The van der Waals surface area contributed by atoms with Gasteiger partial charge in [0.1, 0.15) is 0 Å². The maximum absolute atomic E-state index is 11.8. The van der Waals surface area contributed by atoms with Crippen LogP contribution in [0.15, 0.2) is 42.5 Å². The third-order valence-corrected chi connectivity index (χ3v) is 3.88. The van der Waals surface area contributed by atoms with Crippen molar-refractivity contribution in [3.63, 3.8) is 0 Å². The molecule has 1 unspecified atom stereocenters. The number of hydrogen-bond donors (Lipinski definition) is 1. The van der Waals surface area contributed by atoms with Gasteiger partial charge < -0.3 is 4.74 Å². The van der Waals surface area contributed by atoms with Gasteiger partial charge in [0.2, 0.25) is 0 Å². The van der Waals surface area contributed by atoms with Gasteiger partial charge in [-0.2, -0.15) is 0 Å². The standard InChI is InChI=1S/C16H17NO4S/c1-11-4-6-14(7-5-11)17(22(19)20)15-9-12(2)8-13(10-15)16(18)21-3/h4-10H,1-3H3,(H,19,20). The number of hydrogen-bond acceptors (Lipinski definition) is 3. The van der Waals surface area contributed by atoms with Crippen LogP contribution in [0.2, 0.25) is 0 Å². The second-order valence-corrected chi connectivity index (χ2v) is 5.74. The summed E-state index contributed by atoms with van der Waals surface area (Å²) < 4.78 is 27.4. The number of benzene rings is 2. The van der Waals surface area contributed by atoms with Crippen LogP contribution in [0.25, 0.3) is 0 Å². The summed E-state index contributed by atoms with van der Waals surface area (Å²) in [7, 11) is 1.30. The molecule has 2 aromatic carbocycles. The lowest BCUT2D eigenvalue weighted by atomic mass is 10.1. The predicted octanol–water partition coefficient (Wildman–Crippen LogP) is 3.36. The van der Waals surface area contributed by atoms with Crippen LogP contribution in [-0.4, -0.2) is 21.8 Å². The average Bonchev–Trinajstić information content (AvgIpc) is 2.47. The number of ether oxygens (including phenoxy) is 1. The highest BCUT2D eigenvalue weighted by molar-refractivity contribution is 7.81. The first-order chi connectivity index (χ1) is 10.4. The van der Waals surface area contributed by atoms with E-state index in [1.807, 2.05) is 26.0 Å². The lowest BCUT2D eigenvalue weighted by Gasteiger charge is -2.21. The maximum Gasteiger partial charge on any atom is 0.337 e. The molecule has 6 heteroatoms. The normalized spacial score (nSPS) is 11.8. The van der Waals surface area contributed by atoms with E-state index in [1.165, 1.54) is 17.5 Å². The number of aryl methyl sites for hydroxylation is 2. The highest BCUT2D eigenvalue weighted by Gasteiger charge is 2.18. The molecule has 2 aromatic rings. The number of esters is 1. The molecular weight excluding hydrogens is 302 g/mol. The van der Waals surface area contributed by atoms with E-state index >= 15 is 0 Å². The van der Waals surface area contributed by atoms with Gasteiger partial charge in [-0.25, -0.2) is 13.3 Å². The second kappa shape index (κ2) is 6.72. The van der Waals surface area contributed by atoms with Crippen LogP contribution in [0.4, 0.5) is 11.4 Å². The molecular formula is C16H17NO4S. The number of methoxy groups -OCH3 is 1. The van der Waals surface area contributed by atoms with Crippen LogP contribution in [0.3, 0.4) is 0 Å². The van der Waals surface area contributed by atoms with E-state index in [9.17, 15) is 13.6 Å². The molecule has 0 bridgehead atoms. The minimum atomic E-state index is -2.26. The molecule has 0 aliphatic carbocycles. The SMILES string of the molecule is COC(=O)c1cc(C)cc(N(c2ccc(C)cc2)S(=O)O)c1. The van der Waals surface area contributed by atoms with Crippen molar-refractivity contribution in [1.29, 1.82) is 0 Å². The van der Waals surface area contributed by atoms with Gasteiger partial charge in [0, 0.05) is 0 Å². The minimum absolute atomic E-state index is 0.333. The molecule has 0 spiro atoms. The van der Waals surface area contributed by atoms with Crippen molar-refractivity contribution in [3.05, 3.63) is 59.2 Å². The zero-order chi connectivity index (χ0) is 16.3. The maximum atomic E-state index is 11.8. The number of carbonyl (C=O) groups is 1. The Kier molecular flexibility index (Phi) is 4.95. The van der Waals surface area contributed by atoms with Crippen molar-refractivity contribution in [3.8, 4) is 0 Å². The zero-order valence-electron chi connectivity index (χ0n) is 12.6. The lowest BCUT2D eigenvalue weighted by Crippen LogP contribution is -2.20. The Morgan fingerprint density at radius 2 is 1.68 bits per heavy atom. The van der Waals surface area contributed by atoms with Gasteiger partial charge >= 0.3 is 5.97 Å². The van der Waals surface area contributed by atoms with E-state index in [2.05, 4.69) is 0 Å². The molecule has 0 saturated carbocycles. The quantitative estimate of drug-likeness (QED) is 0.693. The first kappa shape index (κ1) is 16.2. The van der Waals surface area contributed by atoms with Gasteiger partial charge in [0.25, 0.3) is 11.3 Å². The Balaban J connectivity index is 2.53. The highest BCUT2D eigenvalue weighted by Crippen LogP contribution is 2.29. The van der Waals surface area contributed by atoms with E-state index < -0.39 is 17.2 Å². The Morgan fingerprint density at radius 1 is 1.05 bits per heavy atom. The minimum Gasteiger partial charge on any atom is -0.465 e. The molecule has 2 rings (SSSR count). The molecule has 0 aliphatic rings. The molecule has 0 saturated heterocycles. The fraction of sp³-hybridized carbons (Fsp3) is 0.188. The number of nitrogens with zero attached hydrogens (tertiary/aromatic N) is 1. The van der Waals surface area contributed by atoms with Crippen molar-refractivity contribution in [2.45, 2.75) is 13.8 Å². The van der Waals surface area contributed by atoms with Crippen LogP contribution in [0.1, 0.15) is 21.5 Å². The third-order valence-electron chi connectivity index (χ3n) is 3.14. The molecule has 5 nitrogen and oxygen atoms in total. The molecule has 116 valence electrons. The number of carbonyl (C=O) groups excluding carboxylic acids is 1. The smallest absolute Gasteiger partial charge is 0.337 e. The summed E-state index contributed by atoms with van der Waals surface area (Å²) >= 11 is -2.26. The van der Waals surface area contributed by atoms with E-state index in [0.29, 0.717) is 16.9 Å². The van der Waals surface area contributed by atoms with Gasteiger partial charge in [-0.1, -0.05) is 17.7 Å². The Morgan fingerprint density at radius 3 is 2.23 bits per heavy atom. The van der Waals surface area contributed by atoms with Gasteiger partial charge in [0.05, 0.1) is 24.0 Å². The predicted molar refractivity (Wildman–Crippen MR) is 86.6 cm³/mol. The molecule has 0 amide bonds. The highest BCUT2D eigenvalue weighted by atomic mass is 32.2. The molecule has 0 aromatic heterocycles.